The summed E-state index contributed by atoms with van der Waals surface area (Å²) in [5.41, 5.74) is 1.11. The first-order valence-corrected chi connectivity index (χ1v) is 7.29. The lowest BCUT2D eigenvalue weighted by Gasteiger charge is -2.13. The van der Waals surface area contributed by atoms with Crippen LogP contribution in [0.2, 0.25) is 0 Å². The fourth-order valence-electron chi connectivity index (χ4n) is 1.87. The molecule has 2 aromatic rings. The van der Waals surface area contributed by atoms with Crippen LogP contribution in [0, 0.1) is 0 Å². The van der Waals surface area contributed by atoms with Crippen molar-refractivity contribution >= 4 is 5.97 Å². The molecular formula is C18H20O4. The molecule has 0 unspecified atom stereocenters. The number of rotatable bonds is 7. The van der Waals surface area contributed by atoms with Crippen molar-refractivity contribution < 1.29 is 19.0 Å². The van der Waals surface area contributed by atoms with Crippen LogP contribution in [0.3, 0.4) is 0 Å². The number of hydrogen-bond donors (Lipinski definition) is 0. The SMILES string of the molecule is CCOC(=O)[C@@H](C)Oc1ccc(OCc2ccccc2)cc1. The zero-order valence-corrected chi connectivity index (χ0v) is 12.8. The first-order valence-electron chi connectivity index (χ1n) is 7.29. The van der Waals surface area contributed by atoms with Crippen molar-refractivity contribution in [1.29, 1.82) is 0 Å². The number of esters is 1. The van der Waals surface area contributed by atoms with E-state index in [0.717, 1.165) is 11.3 Å². The van der Waals surface area contributed by atoms with E-state index in [2.05, 4.69) is 0 Å². The average molecular weight is 300 g/mol. The highest BCUT2D eigenvalue weighted by molar-refractivity contribution is 5.74. The van der Waals surface area contributed by atoms with Crippen LogP contribution < -0.4 is 9.47 Å². The highest BCUT2D eigenvalue weighted by Crippen LogP contribution is 2.19. The van der Waals surface area contributed by atoms with Crippen molar-refractivity contribution in [3.63, 3.8) is 0 Å². The fourth-order valence-corrected chi connectivity index (χ4v) is 1.87. The summed E-state index contributed by atoms with van der Waals surface area (Å²) < 4.78 is 16.1. The van der Waals surface area contributed by atoms with Gasteiger partial charge in [0.2, 0.25) is 0 Å². The van der Waals surface area contributed by atoms with Crippen LogP contribution in [-0.4, -0.2) is 18.7 Å². The molecule has 0 spiro atoms. The van der Waals surface area contributed by atoms with E-state index in [1.807, 2.05) is 42.5 Å². The summed E-state index contributed by atoms with van der Waals surface area (Å²) in [5.74, 6) is 0.986. The second-order valence-electron chi connectivity index (χ2n) is 4.76. The van der Waals surface area contributed by atoms with Gasteiger partial charge in [-0.15, -0.1) is 0 Å². The van der Waals surface area contributed by atoms with Crippen molar-refractivity contribution in [1.82, 2.24) is 0 Å². The second kappa shape index (κ2) is 8.08. The van der Waals surface area contributed by atoms with E-state index < -0.39 is 6.10 Å². The van der Waals surface area contributed by atoms with E-state index in [4.69, 9.17) is 14.2 Å². The van der Waals surface area contributed by atoms with Gasteiger partial charge in [0.15, 0.2) is 6.10 Å². The minimum absolute atomic E-state index is 0.346. The Morgan fingerprint density at radius 1 is 1.00 bits per heavy atom. The van der Waals surface area contributed by atoms with Gasteiger partial charge in [0.1, 0.15) is 18.1 Å². The van der Waals surface area contributed by atoms with Gasteiger partial charge in [0.05, 0.1) is 6.61 Å². The highest BCUT2D eigenvalue weighted by Gasteiger charge is 2.15. The zero-order chi connectivity index (χ0) is 15.8. The third-order valence-electron chi connectivity index (χ3n) is 3.00. The van der Waals surface area contributed by atoms with Crippen molar-refractivity contribution in [2.24, 2.45) is 0 Å². The summed E-state index contributed by atoms with van der Waals surface area (Å²) in [6.45, 7) is 4.29. The Morgan fingerprint density at radius 3 is 2.27 bits per heavy atom. The monoisotopic (exact) mass is 300 g/mol. The van der Waals surface area contributed by atoms with Crippen LogP contribution in [0.5, 0.6) is 11.5 Å². The van der Waals surface area contributed by atoms with Crippen LogP contribution in [0.25, 0.3) is 0 Å². The fraction of sp³-hybridized carbons (Fsp3) is 0.278. The Labute approximate surface area is 130 Å². The van der Waals surface area contributed by atoms with E-state index in [0.29, 0.717) is 19.0 Å². The molecule has 0 aliphatic carbocycles. The number of carbonyl (C=O) groups is 1. The van der Waals surface area contributed by atoms with Gasteiger partial charge in [-0.3, -0.25) is 0 Å². The predicted molar refractivity (Wildman–Crippen MR) is 83.9 cm³/mol. The first-order chi connectivity index (χ1) is 10.7. The molecule has 0 heterocycles. The molecule has 0 saturated heterocycles. The number of hydrogen-bond acceptors (Lipinski definition) is 4. The third kappa shape index (κ3) is 4.81. The van der Waals surface area contributed by atoms with E-state index in [9.17, 15) is 4.79 Å². The van der Waals surface area contributed by atoms with E-state index in [1.165, 1.54) is 0 Å². The maximum atomic E-state index is 11.5. The quantitative estimate of drug-likeness (QED) is 0.733. The van der Waals surface area contributed by atoms with E-state index in [1.54, 1.807) is 26.0 Å². The smallest absolute Gasteiger partial charge is 0.347 e. The third-order valence-corrected chi connectivity index (χ3v) is 3.00. The summed E-state index contributed by atoms with van der Waals surface area (Å²) >= 11 is 0. The van der Waals surface area contributed by atoms with Crippen LogP contribution in [0.4, 0.5) is 0 Å². The molecule has 4 nitrogen and oxygen atoms in total. The lowest BCUT2D eigenvalue weighted by molar-refractivity contribution is -0.150. The van der Waals surface area contributed by atoms with Gasteiger partial charge >= 0.3 is 5.97 Å². The summed E-state index contributed by atoms with van der Waals surface area (Å²) in [6.07, 6.45) is -0.629. The Morgan fingerprint density at radius 2 is 1.64 bits per heavy atom. The lowest BCUT2D eigenvalue weighted by Crippen LogP contribution is -2.25. The molecule has 2 aromatic carbocycles. The van der Waals surface area contributed by atoms with Crippen molar-refractivity contribution in [3.8, 4) is 11.5 Å². The Kier molecular flexibility index (Phi) is 5.83. The van der Waals surface area contributed by atoms with Gasteiger partial charge in [0, 0.05) is 0 Å². The molecule has 0 bridgehead atoms. The topological polar surface area (TPSA) is 44.8 Å². The maximum absolute atomic E-state index is 11.5. The Hall–Kier alpha value is -2.49. The van der Waals surface area contributed by atoms with Crippen molar-refractivity contribution in [2.75, 3.05) is 6.61 Å². The van der Waals surface area contributed by atoms with Crippen LogP contribution in [0.15, 0.2) is 54.6 Å². The van der Waals surface area contributed by atoms with Gasteiger partial charge < -0.3 is 14.2 Å². The van der Waals surface area contributed by atoms with Crippen molar-refractivity contribution in [2.45, 2.75) is 26.6 Å². The summed E-state index contributed by atoms with van der Waals surface area (Å²) in [4.78, 5) is 11.5. The molecule has 0 N–H and O–H groups in total. The normalized spacial score (nSPS) is 11.5. The largest absolute Gasteiger partial charge is 0.489 e. The zero-order valence-electron chi connectivity index (χ0n) is 12.8. The standard InChI is InChI=1S/C18H20O4/c1-3-20-18(19)14(2)22-17-11-9-16(10-12-17)21-13-15-7-5-4-6-8-15/h4-12,14H,3,13H2,1-2H3/t14-/m1/s1. The molecule has 0 aliphatic rings. The Bertz CT molecular complexity index is 578. The van der Waals surface area contributed by atoms with Gasteiger partial charge in [-0.05, 0) is 43.7 Å². The molecular weight excluding hydrogens is 280 g/mol. The van der Waals surface area contributed by atoms with Gasteiger partial charge in [-0.2, -0.15) is 0 Å². The molecule has 1 atom stereocenters. The molecule has 2 rings (SSSR count). The summed E-state index contributed by atoms with van der Waals surface area (Å²) in [7, 11) is 0. The molecule has 0 fully saturated rings. The number of benzene rings is 2. The molecule has 116 valence electrons. The Balaban J connectivity index is 1.86. The van der Waals surface area contributed by atoms with Gasteiger partial charge in [-0.1, -0.05) is 30.3 Å². The predicted octanol–water partition coefficient (Wildman–Crippen LogP) is 3.60. The number of carbonyl (C=O) groups excluding carboxylic acids is 1. The average Bonchev–Trinajstić information content (AvgIpc) is 2.55. The summed E-state index contributed by atoms with van der Waals surface area (Å²) in [5, 5.41) is 0. The molecule has 0 aromatic heterocycles. The molecule has 0 radical (unpaired) electrons. The summed E-state index contributed by atoms with van der Waals surface area (Å²) in [6, 6.07) is 17.1. The number of ether oxygens (including phenoxy) is 3. The molecule has 22 heavy (non-hydrogen) atoms. The van der Waals surface area contributed by atoms with Crippen LogP contribution in [-0.2, 0) is 16.1 Å². The van der Waals surface area contributed by atoms with Crippen molar-refractivity contribution in [3.05, 3.63) is 60.2 Å². The molecule has 0 aliphatic heterocycles. The highest BCUT2D eigenvalue weighted by atomic mass is 16.6. The second-order valence-corrected chi connectivity index (χ2v) is 4.76. The molecule has 4 heteroatoms. The lowest BCUT2D eigenvalue weighted by atomic mass is 10.2. The molecule has 0 saturated carbocycles. The van der Waals surface area contributed by atoms with E-state index in [-0.39, 0.29) is 5.97 Å². The van der Waals surface area contributed by atoms with Crippen LogP contribution >= 0.6 is 0 Å². The molecule has 0 amide bonds. The minimum Gasteiger partial charge on any atom is -0.489 e. The van der Waals surface area contributed by atoms with Gasteiger partial charge in [-0.25, -0.2) is 4.79 Å². The van der Waals surface area contributed by atoms with E-state index >= 15 is 0 Å². The first kappa shape index (κ1) is 15.9. The maximum Gasteiger partial charge on any atom is 0.347 e. The van der Waals surface area contributed by atoms with Crippen LogP contribution in [0.1, 0.15) is 19.4 Å². The minimum atomic E-state index is -0.629. The van der Waals surface area contributed by atoms with Gasteiger partial charge in [0.25, 0.3) is 0 Å².